The van der Waals surface area contributed by atoms with Gasteiger partial charge in [-0.25, -0.2) is 9.97 Å². The van der Waals surface area contributed by atoms with E-state index in [1.807, 2.05) is 0 Å². The fourth-order valence-corrected chi connectivity index (χ4v) is 3.77. The van der Waals surface area contributed by atoms with Crippen LogP contribution >= 0.6 is 11.6 Å². The van der Waals surface area contributed by atoms with Crippen molar-refractivity contribution >= 4 is 40.0 Å². The van der Waals surface area contributed by atoms with E-state index in [-0.39, 0.29) is 23.8 Å². The number of carbonyl (C=O) groups is 1. The molecule has 0 saturated carbocycles. The molecule has 2 aromatic carbocycles. The van der Waals surface area contributed by atoms with Gasteiger partial charge in [0.2, 0.25) is 5.91 Å². The van der Waals surface area contributed by atoms with Crippen LogP contribution in [-0.2, 0) is 11.0 Å². The molecule has 0 spiro atoms. The Morgan fingerprint density at radius 2 is 1.73 bits per heavy atom. The summed E-state index contributed by atoms with van der Waals surface area (Å²) in [6, 6.07) is 13.3. The van der Waals surface area contributed by atoms with Gasteiger partial charge in [0.15, 0.2) is 11.5 Å². The number of aromatic nitrogens is 2. The Labute approximate surface area is 175 Å². The van der Waals surface area contributed by atoms with Gasteiger partial charge >= 0.3 is 6.18 Å². The average Bonchev–Trinajstić information content (AvgIpc) is 2.74. The van der Waals surface area contributed by atoms with Crippen LogP contribution in [0.3, 0.4) is 0 Å². The van der Waals surface area contributed by atoms with E-state index in [4.69, 9.17) is 11.6 Å². The lowest BCUT2D eigenvalue weighted by Crippen LogP contribution is -2.42. The highest BCUT2D eigenvalue weighted by molar-refractivity contribution is 6.33. The van der Waals surface area contributed by atoms with E-state index in [0.717, 1.165) is 0 Å². The number of benzene rings is 2. The summed E-state index contributed by atoms with van der Waals surface area (Å²) in [5, 5.41) is 3.17. The highest BCUT2D eigenvalue weighted by Crippen LogP contribution is 2.37. The van der Waals surface area contributed by atoms with E-state index in [0.29, 0.717) is 35.6 Å². The molecule has 1 aromatic heterocycles. The summed E-state index contributed by atoms with van der Waals surface area (Å²) in [4.78, 5) is 22.3. The number of nitrogens with one attached hydrogen (secondary N) is 1. The summed E-state index contributed by atoms with van der Waals surface area (Å²) in [5.41, 5.74) is -0.00197. The zero-order valence-electron chi connectivity index (χ0n) is 15.8. The summed E-state index contributed by atoms with van der Waals surface area (Å²) >= 11 is 6.09. The number of nitrogens with zero attached hydrogens (tertiary/aromatic N) is 3. The fourth-order valence-electron chi connectivity index (χ4n) is 3.58. The Morgan fingerprint density at radius 1 is 1.07 bits per heavy atom. The Kier molecular flexibility index (Phi) is 5.51. The van der Waals surface area contributed by atoms with Crippen molar-refractivity contribution in [1.82, 2.24) is 9.97 Å². The van der Waals surface area contributed by atoms with Gasteiger partial charge < -0.3 is 10.2 Å². The third-order valence-corrected chi connectivity index (χ3v) is 5.37. The van der Waals surface area contributed by atoms with Crippen LogP contribution in [0.15, 0.2) is 48.5 Å². The molecule has 3 aromatic rings. The molecular weight excluding hydrogens is 417 g/mol. The van der Waals surface area contributed by atoms with Crippen molar-refractivity contribution < 1.29 is 18.0 Å². The van der Waals surface area contributed by atoms with E-state index >= 15 is 0 Å². The number of carbonyl (C=O) groups excluding carboxylic acids is 1. The quantitative estimate of drug-likeness (QED) is 0.618. The zero-order chi connectivity index (χ0) is 21.3. The second-order valence-electron chi connectivity index (χ2n) is 7.14. The lowest BCUT2D eigenvalue weighted by Gasteiger charge is -2.34. The number of alkyl halides is 3. The minimum Gasteiger partial charge on any atom is -0.354 e. The van der Waals surface area contributed by atoms with Crippen LogP contribution in [0.2, 0.25) is 5.02 Å². The van der Waals surface area contributed by atoms with Gasteiger partial charge in [-0.15, -0.1) is 0 Å². The van der Waals surface area contributed by atoms with E-state index in [1.165, 1.54) is 11.0 Å². The van der Waals surface area contributed by atoms with E-state index in [1.54, 1.807) is 42.5 Å². The molecular formula is C21H18ClF3N4O. The summed E-state index contributed by atoms with van der Waals surface area (Å²) in [7, 11) is 0. The van der Waals surface area contributed by atoms with Crippen molar-refractivity contribution in [2.24, 2.45) is 5.92 Å². The van der Waals surface area contributed by atoms with E-state index in [9.17, 15) is 18.0 Å². The molecule has 30 heavy (non-hydrogen) atoms. The smallest absolute Gasteiger partial charge is 0.354 e. The number of anilines is 2. The number of halogens is 4. The third kappa shape index (κ3) is 4.18. The van der Waals surface area contributed by atoms with Crippen LogP contribution in [-0.4, -0.2) is 29.0 Å². The monoisotopic (exact) mass is 434 g/mol. The number of para-hydroxylation sites is 3. The lowest BCUT2D eigenvalue weighted by atomic mass is 9.96. The van der Waals surface area contributed by atoms with Crippen LogP contribution < -0.4 is 10.2 Å². The number of piperidine rings is 1. The predicted molar refractivity (Wildman–Crippen MR) is 110 cm³/mol. The molecule has 5 nitrogen and oxygen atoms in total. The first-order valence-corrected chi connectivity index (χ1v) is 9.85. The number of hydrogen-bond donors (Lipinski definition) is 1. The van der Waals surface area contributed by atoms with Gasteiger partial charge in [-0.3, -0.25) is 4.79 Å². The van der Waals surface area contributed by atoms with Gasteiger partial charge in [0.1, 0.15) is 0 Å². The second kappa shape index (κ2) is 8.10. The molecule has 1 amide bonds. The molecule has 2 heterocycles. The first kappa shape index (κ1) is 20.4. The molecule has 0 unspecified atom stereocenters. The molecule has 0 radical (unpaired) electrons. The first-order valence-electron chi connectivity index (χ1n) is 9.47. The number of hydrogen-bond acceptors (Lipinski definition) is 4. The standard InChI is InChI=1S/C21H18ClF3N4O/c22-14-7-1-2-8-15(14)28-20(30)13-6-5-11-29(12-13)19-18(21(23,24)25)26-16-9-3-4-10-17(16)27-19/h1-4,7-10,13H,5-6,11-12H2,(H,28,30)/t13-/m0/s1. The summed E-state index contributed by atoms with van der Waals surface area (Å²) in [5.74, 6) is -1.02. The van der Waals surface area contributed by atoms with E-state index < -0.39 is 17.8 Å². The van der Waals surface area contributed by atoms with Crippen LogP contribution in [0, 0.1) is 5.92 Å². The molecule has 156 valence electrons. The van der Waals surface area contributed by atoms with Crippen molar-refractivity contribution in [2.75, 3.05) is 23.3 Å². The Balaban J connectivity index is 1.62. The van der Waals surface area contributed by atoms with Gasteiger partial charge in [0.25, 0.3) is 0 Å². The van der Waals surface area contributed by atoms with Crippen molar-refractivity contribution in [1.29, 1.82) is 0 Å². The molecule has 0 aliphatic carbocycles. The Bertz CT molecular complexity index is 1090. The molecule has 1 atom stereocenters. The van der Waals surface area contributed by atoms with E-state index in [2.05, 4.69) is 15.3 Å². The Morgan fingerprint density at radius 3 is 2.43 bits per heavy atom. The molecule has 1 aliphatic heterocycles. The van der Waals surface area contributed by atoms with Gasteiger partial charge in [-0.05, 0) is 37.1 Å². The van der Waals surface area contributed by atoms with Gasteiger partial charge in [0, 0.05) is 13.1 Å². The van der Waals surface area contributed by atoms with Gasteiger partial charge in [0.05, 0.1) is 27.7 Å². The van der Waals surface area contributed by atoms with Crippen LogP contribution in [0.5, 0.6) is 0 Å². The highest BCUT2D eigenvalue weighted by Gasteiger charge is 2.40. The largest absolute Gasteiger partial charge is 0.437 e. The van der Waals surface area contributed by atoms with Crippen molar-refractivity contribution in [3.8, 4) is 0 Å². The Hall–Kier alpha value is -2.87. The van der Waals surface area contributed by atoms with Gasteiger partial charge in [-0.1, -0.05) is 35.9 Å². The minimum atomic E-state index is -4.65. The maximum Gasteiger partial charge on any atom is 0.437 e. The number of rotatable bonds is 3. The second-order valence-corrected chi connectivity index (χ2v) is 7.54. The number of amides is 1. The normalized spacial score (nSPS) is 17.2. The maximum absolute atomic E-state index is 13.7. The van der Waals surface area contributed by atoms with Crippen molar-refractivity contribution in [3.63, 3.8) is 0 Å². The average molecular weight is 435 g/mol. The molecule has 9 heteroatoms. The maximum atomic E-state index is 13.7. The van der Waals surface area contributed by atoms with Crippen LogP contribution in [0.25, 0.3) is 11.0 Å². The molecule has 4 rings (SSSR count). The molecule has 1 fully saturated rings. The SMILES string of the molecule is O=C(Nc1ccccc1Cl)[C@H]1CCCN(c2nc3ccccc3nc2C(F)(F)F)C1. The van der Waals surface area contributed by atoms with Crippen LogP contribution in [0.1, 0.15) is 18.5 Å². The molecule has 1 aliphatic rings. The zero-order valence-corrected chi connectivity index (χ0v) is 16.5. The fraction of sp³-hybridized carbons (Fsp3) is 0.286. The molecule has 1 saturated heterocycles. The number of fused-ring (bicyclic) bond motifs is 1. The van der Waals surface area contributed by atoms with Crippen molar-refractivity contribution in [3.05, 3.63) is 59.2 Å². The van der Waals surface area contributed by atoms with Gasteiger partial charge in [-0.2, -0.15) is 13.2 Å². The first-order chi connectivity index (χ1) is 14.3. The molecule has 0 bridgehead atoms. The predicted octanol–water partition coefficient (Wildman–Crippen LogP) is 5.16. The topological polar surface area (TPSA) is 58.1 Å². The molecule has 1 N–H and O–H groups in total. The third-order valence-electron chi connectivity index (χ3n) is 5.04. The summed E-state index contributed by atoms with van der Waals surface area (Å²) < 4.78 is 41.1. The van der Waals surface area contributed by atoms with Crippen molar-refractivity contribution in [2.45, 2.75) is 19.0 Å². The van der Waals surface area contributed by atoms with Crippen LogP contribution in [0.4, 0.5) is 24.7 Å². The summed E-state index contributed by atoms with van der Waals surface area (Å²) in [6.07, 6.45) is -3.53. The summed E-state index contributed by atoms with van der Waals surface area (Å²) in [6.45, 7) is 0.484. The highest BCUT2D eigenvalue weighted by atomic mass is 35.5. The lowest BCUT2D eigenvalue weighted by molar-refractivity contribution is -0.140. The minimum absolute atomic E-state index is 0.117.